The van der Waals surface area contributed by atoms with E-state index >= 15 is 0 Å². The summed E-state index contributed by atoms with van der Waals surface area (Å²) < 4.78 is 6.65. The van der Waals surface area contributed by atoms with E-state index in [1.807, 2.05) is 0 Å². The Labute approximate surface area is 331 Å². The van der Waals surface area contributed by atoms with Crippen LogP contribution >= 0.6 is 0 Å². The van der Waals surface area contributed by atoms with Gasteiger partial charge in [0, 0.05) is 16.8 Å². The summed E-state index contributed by atoms with van der Waals surface area (Å²) in [5, 5.41) is 7.34. The molecule has 2 heteroatoms. The molecule has 1 aliphatic carbocycles. The number of nitrogens with two attached hydrogens (primary N) is 1. The molecule has 0 fully saturated rings. The Morgan fingerprint density at radius 1 is 0.333 bits per heavy atom. The minimum atomic E-state index is -0.595. The van der Waals surface area contributed by atoms with Crippen molar-refractivity contribution in [2.24, 2.45) is 0 Å². The summed E-state index contributed by atoms with van der Waals surface area (Å²) in [7, 11) is 0. The SMILES string of the molecule is Nc1ccc2c(c1)-c1c(-c3c4ccccc4c(-c4cc(-c5ccccc5)cc5ccccc45)c4ccccc34)cccc1C21c2ccccc2Oc2ccccc21. The van der Waals surface area contributed by atoms with Crippen molar-refractivity contribution in [1.82, 2.24) is 0 Å². The molecule has 1 heterocycles. The first kappa shape index (κ1) is 31.9. The van der Waals surface area contributed by atoms with Gasteiger partial charge in [-0.1, -0.05) is 164 Å². The van der Waals surface area contributed by atoms with Crippen LogP contribution in [0, 0.1) is 0 Å². The molecule has 0 atom stereocenters. The predicted molar refractivity (Wildman–Crippen MR) is 237 cm³/mol. The van der Waals surface area contributed by atoms with Crippen LogP contribution in [0.4, 0.5) is 5.69 Å². The molecular weight excluding hydrogens is 691 g/mol. The van der Waals surface area contributed by atoms with E-state index in [-0.39, 0.29) is 0 Å². The first-order chi connectivity index (χ1) is 28.2. The van der Waals surface area contributed by atoms with Gasteiger partial charge >= 0.3 is 0 Å². The van der Waals surface area contributed by atoms with Crippen LogP contribution in [0.1, 0.15) is 22.3 Å². The molecule has 0 bridgehead atoms. The second kappa shape index (κ2) is 12.0. The third kappa shape index (κ3) is 4.41. The molecule has 57 heavy (non-hydrogen) atoms. The standard InChI is InChI=1S/C55H35NO/c56-37-29-30-46-45(33-37)54-43(23-14-26-49(54)55(46)47-24-10-12-27-50(47)57-51-28-13-11-25-48(51)55)52-39-19-6-8-21-41(39)53(42-22-9-7-20-40(42)52)44-32-36(34-15-2-1-3-16-34)31-35-17-4-5-18-38(35)44/h1-33H,56H2. The highest BCUT2D eigenvalue weighted by Crippen LogP contribution is 2.64. The second-order valence-electron chi connectivity index (χ2n) is 15.3. The smallest absolute Gasteiger partial charge is 0.132 e. The first-order valence-corrected chi connectivity index (χ1v) is 19.6. The third-order valence-electron chi connectivity index (χ3n) is 12.4. The fraction of sp³-hybridized carbons (Fsp3) is 0.0182. The summed E-state index contributed by atoms with van der Waals surface area (Å²) in [6, 6.07) is 72.7. The molecule has 0 saturated heterocycles. The van der Waals surface area contributed by atoms with Crippen molar-refractivity contribution in [3.8, 4) is 56.0 Å². The molecule has 10 aromatic carbocycles. The Hall–Kier alpha value is -7.42. The van der Waals surface area contributed by atoms with Crippen LogP contribution < -0.4 is 10.5 Å². The monoisotopic (exact) mass is 725 g/mol. The largest absolute Gasteiger partial charge is 0.457 e. The zero-order chi connectivity index (χ0) is 37.7. The van der Waals surface area contributed by atoms with E-state index in [9.17, 15) is 0 Å². The van der Waals surface area contributed by atoms with Gasteiger partial charge in [-0.2, -0.15) is 0 Å². The van der Waals surface area contributed by atoms with E-state index in [2.05, 4.69) is 200 Å². The number of rotatable bonds is 3. The summed E-state index contributed by atoms with van der Waals surface area (Å²) in [6.45, 7) is 0. The third-order valence-corrected chi connectivity index (χ3v) is 12.4. The molecule has 1 spiro atoms. The number of para-hydroxylation sites is 2. The fourth-order valence-electron chi connectivity index (χ4n) is 10.2. The normalized spacial score (nSPS) is 13.3. The van der Waals surface area contributed by atoms with Gasteiger partial charge in [-0.3, -0.25) is 0 Å². The molecule has 2 N–H and O–H groups in total. The average molecular weight is 726 g/mol. The lowest BCUT2D eigenvalue weighted by Crippen LogP contribution is -2.32. The molecular formula is C55H35NO. The zero-order valence-corrected chi connectivity index (χ0v) is 31.0. The highest BCUT2D eigenvalue weighted by atomic mass is 16.5. The fourth-order valence-corrected chi connectivity index (χ4v) is 10.2. The molecule has 266 valence electrons. The number of nitrogen functional groups attached to an aromatic ring is 1. The minimum Gasteiger partial charge on any atom is -0.457 e. The Morgan fingerprint density at radius 2 is 0.877 bits per heavy atom. The topological polar surface area (TPSA) is 35.2 Å². The van der Waals surface area contributed by atoms with Crippen LogP contribution in [0.5, 0.6) is 11.5 Å². The molecule has 0 saturated carbocycles. The Bertz CT molecular complexity index is 3180. The average Bonchev–Trinajstić information content (AvgIpc) is 3.55. The van der Waals surface area contributed by atoms with Gasteiger partial charge in [-0.05, 0) is 124 Å². The maximum Gasteiger partial charge on any atom is 0.132 e. The van der Waals surface area contributed by atoms with Crippen LogP contribution in [0.25, 0.3) is 76.8 Å². The number of benzene rings is 10. The van der Waals surface area contributed by atoms with Gasteiger partial charge in [0.05, 0.1) is 5.41 Å². The van der Waals surface area contributed by atoms with Crippen LogP contribution in [-0.4, -0.2) is 0 Å². The van der Waals surface area contributed by atoms with Gasteiger partial charge in [0.2, 0.25) is 0 Å². The summed E-state index contributed by atoms with van der Waals surface area (Å²) in [5.41, 5.74) is 21.3. The van der Waals surface area contributed by atoms with Crippen LogP contribution in [0.3, 0.4) is 0 Å². The van der Waals surface area contributed by atoms with Crippen molar-refractivity contribution in [1.29, 1.82) is 0 Å². The first-order valence-electron chi connectivity index (χ1n) is 19.6. The van der Waals surface area contributed by atoms with Crippen molar-refractivity contribution < 1.29 is 4.74 Å². The summed E-state index contributed by atoms with van der Waals surface area (Å²) >= 11 is 0. The molecule has 2 nitrogen and oxygen atoms in total. The van der Waals surface area contributed by atoms with Crippen molar-refractivity contribution >= 4 is 38.0 Å². The number of anilines is 1. The van der Waals surface area contributed by atoms with Gasteiger partial charge in [0.1, 0.15) is 11.5 Å². The number of fused-ring (bicyclic) bond motifs is 12. The molecule has 0 amide bonds. The van der Waals surface area contributed by atoms with Gasteiger partial charge in [-0.25, -0.2) is 0 Å². The van der Waals surface area contributed by atoms with Crippen LogP contribution in [0.15, 0.2) is 200 Å². The van der Waals surface area contributed by atoms with Gasteiger partial charge in [0.15, 0.2) is 0 Å². The van der Waals surface area contributed by atoms with E-state index < -0.39 is 5.41 Å². The molecule has 2 aliphatic rings. The molecule has 0 aromatic heterocycles. The van der Waals surface area contributed by atoms with Crippen molar-refractivity contribution in [3.05, 3.63) is 222 Å². The van der Waals surface area contributed by atoms with Gasteiger partial charge in [-0.15, -0.1) is 0 Å². The second-order valence-corrected chi connectivity index (χ2v) is 15.3. The summed E-state index contributed by atoms with van der Waals surface area (Å²) in [6.07, 6.45) is 0. The highest BCUT2D eigenvalue weighted by molar-refractivity contribution is 6.25. The van der Waals surface area contributed by atoms with Crippen molar-refractivity contribution in [2.45, 2.75) is 5.41 Å². The number of ether oxygens (including phenoxy) is 1. The van der Waals surface area contributed by atoms with Crippen molar-refractivity contribution in [2.75, 3.05) is 5.73 Å². The summed E-state index contributed by atoms with van der Waals surface area (Å²) in [4.78, 5) is 0. The lowest BCUT2D eigenvalue weighted by molar-refractivity contribution is 0.436. The quantitative estimate of drug-likeness (QED) is 0.145. The number of hydrogen-bond donors (Lipinski definition) is 1. The van der Waals surface area contributed by atoms with Gasteiger partial charge in [0.25, 0.3) is 0 Å². The van der Waals surface area contributed by atoms with E-state index in [4.69, 9.17) is 10.5 Å². The summed E-state index contributed by atoms with van der Waals surface area (Å²) in [5.74, 6) is 1.75. The predicted octanol–water partition coefficient (Wildman–Crippen LogP) is 14.2. The molecule has 10 aromatic rings. The van der Waals surface area contributed by atoms with E-state index in [1.165, 1.54) is 82.4 Å². The van der Waals surface area contributed by atoms with Crippen LogP contribution in [0.2, 0.25) is 0 Å². The molecule has 1 aliphatic heterocycles. The Balaban J connectivity index is 1.21. The van der Waals surface area contributed by atoms with Crippen LogP contribution in [-0.2, 0) is 5.41 Å². The maximum atomic E-state index is 6.72. The Morgan fingerprint density at radius 3 is 1.54 bits per heavy atom. The number of hydrogen-bond acceptors (Lipinski definition) is 2. The van der Waals surface area contributed by atoms with Crippen molar-refractivity contribution in [3.63, 3.8) is 0 Å². The van der Waals surface area contributed by atoms with E-state index in [1.54, 1.807) is 0 Å². The van der Waals surface area contributed by atoms with Gasteiger partial charge < -0.3 is 10.5 Å². The Kier molecular flexibility index (Phi) is 6.73. The minimum absolute atomic E-state index is 0.595. The highest BCUT2D eigenvalue weighted by Gasteiger charge is 2.51. The van der Waals surface area contributed by atoms with E-state index in [0.29, 0.717) is 0 Å². The zero-order valence-electron chi connectivity index (χ0n) is 31.0. The molecule has 12 rings (SSSR count). The molecule has 0 radical (unpaired) electrons. The maximum absolute atomic E-state index is 6.72. The van der Waals surface area contributed by atoms with E-state index in [0.717, 1.165) is 33.9 Å². The lowest BCUT2D eigenvalue weighted by atomic mass is 9.66. The molecule has 0 unspecified atom stereocenters. The lowest BCUT2D eigenvalue weighted by Gasteiger charge is -2.39.